The molecule has 0 aliphatic carbocycles. The Hall–Kier alpha value is -1.95. The summed E-state index contributed by atoms with van der Waals surface area (Å²) in [5.74, 6) is -0.664. The molecule has 0 aromatic rings. The first-order chi connectivity index (χ1) is 6.22. The molecular weight excluding hydrogens is 176 g/mol. The molecule has 0 bridgehead atoms. The van der Waals surface area contributed by atoms with Gasteiger partial charge in [0.05, 0.1) is 0 Å². The smallest absolute Gasteiger partial charge is 0.348 e. The van der Waals surface area contributed by atoms with E-state index in [9.17, 15) is 4.79 Å². The molecular formula is C7H8N2O4. The molecule has 0 aliphatic heterocycles. The van der Waals surface area contributed by atoms with Crippen molar-refractivity contribution in [3.63, 3.8) is 0 Å². The third kappa shape index (κ3) is 5.33. The molecule has 6 heteroatoms. The zero-order valence-electron chi connectivity index (χ0n) is 7.02. The van der Waals surface area contributed by atoms with Gasteiger partial charge in [-0.1, -0.05) is 0 Å². The van der Waals surface area contributed by atoms with Crippen LogP contribution in [0.1, 0.15) is 6.92 Å². The van der Waals surface area contributed by atoms with Crippen LogP contribution in [0.15, 0.2) is 0 Å². The highest BCUT2D eigenvalue weighted by Crippen LogP contribution is 1.92. The van der Waals surface area contributed by atoms with E-state index in [1.807, 2.05) is 0 Å². The van der Waals surface area contributed by atoms with E-state index in [1.165, 1.54) is 19.4 Å². The first kappa shape index (κ1) is 11.1. The second-order valence-electron chi connectivity index (χ2n) is 1.96. The van der Waals surface area contributed by atoms with Gasteiger partial charge in [-0.25, -0.2) is 4.79 Å². The normalized spacial score (nSPS) is 10.4. The lowest BCUT2D eigenvalue weighted by molar-refractivity contribution is -0.153. The number of esters is 1. The van der Waals surface area contributed by atoms with E-state index in [-0.39, 0.29) is 13.2 Å². The third-order valence-electron chi connectivity index (χ3n) is 1.06. The van der Waals surface area contributed by atoms with Crippen LogP contribution in [0.25, 0.3) is 0 Å². The van der Waals surface area contributed by atoms with Crippen molar-refractivity contribution in [2.75, 3.05) is 13.2 Å². The third-order valence-corrected chi connectivity index (χ3v) is 1.06. The number of nitriles is 2. The molecule has 0 saturated heterocycles. The van der Waals surface area contributed by atoms with Gasteiger partial charge in [-0.05, 0) is 6.92 Å². The van der Waals surface area contributed by atoms with E-state index < -0.39 is 12.1 Å². The highest BCUT2D eigenvalue weighted by molar-refractivity contribution is 5.74. The number of hydrogen-bond donors (Lipinski definition) is 0. The highest BCUT2D eigenvalue weighted by atomic mass is 16.6. The first-order valence-electron chi connectivity index (χ1n) is 3.44. The molecule has 0 aliphatic rings. The van der Waals surface area contributed by atoms with Gasteiger partial charge >= 0.3 is 5.97 Å². The molecule has 1 atom stereocenters. The van der Waals surface area contributed by atoms with E-state index in [0.717, 1.165) is 0 Å². The molecule has 0 fully saturated rings. The standard InChI is InChI=1S/C7H8N2O4/c1-6(13-5-9)7(10)12-3-2-11-4-8/h6H,2-3H2,1H3. The Balaban J connectivity index is 3.52. The van der Waals surface area contributed by atoms with Crippen molar-refractivity contribution in [2.24, 2.45) is 0 Å². The minimum absolute atomic E-state index is 0.00150. The Bertz CT molecular complexity index is 240. The minimum atomic E-state index is -0.924. The molecule has 0 aromatic carbocycles. The van der Waals surface area contributed by atoms with Crippen LogP contribution in [-0.4, -0.2) is 25.3 Å². The zero-order valence-corrected chi connectivity index (χ0v) is 7.02. The topological polar surface area (TPSA) is 92.3 Å². The van der Waals surface area contributed by atoms with Crippen LogP contribution >= 0.6 is 0 Å². The van der Waals surface area contributed by atoms with Crippen molar-refractivity contribution < 1.29 is 19.0 Å². The average Bonchev–Trinajstić information content (AvgIpc) is 2.12. The van der Waals surface area contributed by atoms with Gasteiger partial charge < -0.3 is 14.2 Å². The zero-order chi connectivity index (χ0) is 10.1. The summed E-state index contributed by atoms with van der Waals surface area (Å²) in [5.41, 5.74) is 0. The lowest BCUT2D eigenvalue weighted by atomic mass is 10.4. The lowest BCUT2D eigenvalue weighted by Crippen LogP contribution is -2.23. The fourth-order valence-corrected chi connectivity index (χ4v) is 0.474. The monoisotopic (exact) mass is 184 g/mol. The van der Waals surface area contributed by atoms with Gasteiger partial charge in [-0.15, -0.1) is 0 Å². The number of carbonyl (C=O) groups excluding carboxylic acids is 1. The molecule has 0 radical (unpaired) electrons. The molecule has 0 amide bonds. The Morgan fingerprint density at radius 3 is 2.62 bits per heavy atom. The summed E-state index contributed by atoms with van der Waals surface area (Å²) in [6.07, 6.45) is 1.86. The van der Waals surface area contributed by atoms with Crippen LogP contribution in [0.5, 0.6) is 0 Å². The Morgan fingerprint density at radius 2 is 2.08 bits per heavy atom. The van der Waals surface area contributed by atoms with Crippen molar-refractivity contribution in [2.45, 2.75) is 13.0 Å². The van der Waals surface area contributed by atoms with Crippen LogP contribution in [0.4, 0.5) is 0 Å². The van der Waals surface area contributed by atoms with Gasteiger partial charge in [0.25, 0.3) is 12.5 Å². The molecule has 0 N–H and O–H groups in total. The van der Waals surface area contributed by atoms with E-state index in [4.69, 9.17) is 10.5 Å². The van der Waals surface area contributed by atoms with Crippen molar-refractivity contribution >= 4 is 5.97 Å². The Kier molecular flexibility index (Phi) is 5.73. The quantitative estimate of drug-likeness (QED) is 0.337. The summed E-state index contributed by atoms with van der Waals surface area (Å²) < 4.78 is 13.1. The van der Waals surface area contributed by atoms with Crippen LogP contribution in [0.2, 0.25) is 0 Å². The molecule has 6 nitrogen and oxygen atoms in total. The van der Waals surface area contributed by atoms with E-state index in [2.05, 4.69) is 14.2 Å². The van der Waals surface area contributed by atoms with Crippen molar-refractivity contribution in [1.29, 1.82) is 10.5 Å². The maximum atomic E-state index is 10.9. The molecule has 0 aromatic heterocycles. The van der Waals surface area contributed by atoms with Crippen molar-refractivity contribution in [1.82, 2.24) is 0 Å². The van der Waals surface area contributed by atoms with Gasteiger partial charge in [0.1, 0.15) is 13.2 Å². The SMILES string of the molecule is CC(OC#N)C(=O)OCCOC#N. The number of ether oxygens (including phenoxy) is 3. The molecule has 13 heavy (non-hydrogen) atoms. The second kappa shape index (κ2) is 6.74. The minimum Gasteiger partial charge on any atom is -0.459 e. The van der Waals surface area contributed by atoms with E-state index in [0.29, 0.717) is 0 Å². The number of nitrogens with zero attached hydrogens (tertiary/aromatic N) is 2. The molecule has 0 heterocycles. The van der Waals surface area contributed by atoms with Gasteiger partial charge in [0, 0.05) is 0 Å². The average molecular weight is 184 g/mol. The summed E-state index contributed by atoms with van der Waals surface area (Å²) in [4.78, 5) is 10.9. The predicted octanol–water partition coefficient (Wildman–Crippen LogP) is -0.0865. The predicted molar refractivity (Wildman–Crippen MR) is 38.7 cm³/mol. The van der Waals surface area contributed by atoms with Gasteiger partial charge in [0.15, 0.2) is 0 Å². The first-order valence-corrected chi connectivity index (χ1v) is 3.44. The Labute approximate surface area is 75.2 Å². The van der Waals surface area contributed by atoms with Crippen LogP contribution in [0.3, 0.4) is 0 Å². The van der Waals surface area contributed by atoms with Gasteiger partial charge in [-0.2, -0.15) is 10.5 Å². The van der Waals surface area contributed by atoms with Crippen molar-refractivity contribution in [3.05, 3.63) is 0 Å². The lowest BCUT2D eigenvalue weighted by Gasteiger charge is -2.07. The fourth-order valence-electron chi connectivity index (χ4n) is 0.474. The largest absolute Gasteiger partial charge is 0.459 e. The summed E-state index contributed by atoms with van der Waals surface area (Å²) in [6.45, 7) is 1.35. The fraction of sp³-hybridized carbons (Fsp3) is 0.571. The van der Waals surface area contributed by atoms with E-state index >= 15 is 0 Å². The molecule has 0 spiro atoms. The van der Waals surface area contributed by atoms with Gasteiger partial charge in [-0.3, -0.25) is 0 Å². The summed E-state index contributed by atoms with van der Waals surface area (Å²) in [6, 6.07) is 0. The highest BCUT2D eigenvalue weighted by Gasteiger charge is 2.14. The number of carbonyl (C=O) groups is 1. The summed E-state index contributed by atoms with van der Waals surface area (Å²) >= 11 is 0. The molecule has 0 saturated carbocycles. The number of rotatable bonds is 5. The second-order valence-corrected chi connectivity index (χ2v) is 1.96. The number of hydrogen-bond acceptors (Lipinski definition) is 6. The molecule has 1 unspecified atom stereocenters. The maximum absolute atomic E-state index is 10.9. The molecule has 0 rings (SSSR count). The van der Waals surface area contributed by atoms with Crippen LogP contribution in [-0.2, 0) is 19.0 Å². The Morgan fingerprint density at radius 1 is 1.38 bits per heavy atom. The molecule has 70 valence electrons. The van der Waals surface area contributed by atoms with Crippen LogP contribution < -0.4 is 0 Å². The van der Waals surface area contributed by atoms with Gasteiger partial charge in [0.2, 0.25) is 6.10 Å². The maximum Gasteiger partial charge on any atom is 0.348 e. The van der Waals surface area contributed by atoms with Crippen molar-refractivity contribution in [3.8, 4) is 12.5 Å². The van der Waals surface area contributed by atoms with Crippen LogP contribution in [0, 0.1) is 23.0 Å². The van der Waals surface area contributed by atoms with E-state index in [1.54, 1.807) is 0 Å². The summed E-state index contributed by atoms with van der Waals surface area (Å²) in [5, 5.41) is 16.0. The summed E-state index contributed by atoms with van der Waals surface area (Å²) in [7, 11) is 0.